The summed E-state index contributed by atoms with van der Waals surface area (Å²) in [6.07, 6.45) is 24.3. The van der Waals surface area contributed by atoms with E-state index in [4.69, 9.17) is 10.2 Å². The number of carboxylic acids is 2. The van der Waals surface area contributed by atoms with E-state index < -0.39 is 11.9 Å². The predicted octanol–water partition coefficient (Wildman–Crippen LogP) is 3.07. The molecule has 0 aromatic carbocycles. The second-order valence-electron chi connectivity index (χ2n) is 6.85. The summed E-state index contributed by atoms with van der Waals surface area (Å²) < 4.78 is 0. The molecule has 158 valence electrons. The smallest absolute Gasteiger partial charge is 0.542 e. The Labute approximate surface area is 193 Å². The quantitative estimate of drug-likeness (QED) is 0.158. The van der Waals surface area contributed by atoms with Gasteiger partial charge in [-0.05, 0) is 0 Å². The number of rotatable bonds is 18. The summed E-state index contributed by atoms with van der Waals surface area (Å²) in [5, 5.41) is 15.6. The minimum atomic E-state index is -1.26. The van der Waals surface area contributed by atoms with Gasteiger partial charge in [0.15, 0.2) is 0 Å². The molecule has 0 aliphatic rings. The first-order chi connectivity index (χ1) is 13.0. The molecule has 0 atom stereocenters. The average molecular weight is 407 g/mol. The molecule has 28 heavy (non-hydrogen) atoms. The second kappa shape index (κ2) is 28.6. The summed E-state index contributed by atoms with van der Waals surface area (Å²) in [4.78, 5) is 29.1. The van der Waals surface area contributed by atoms with E-state index in [0.717, 1.165) is 6.42 Å². The molecule has 0 aromatic heterocycles. The fourth-order valence-corrected chi connectivity index (χ4v) is 2.71. The SMILES string of the molecule is CCCCCCCCCCCCCCCCC[C-]=O.O=C(O)/C=C/C(=O)O.[Na+]. The molecule has 0 aliphatic heterocycles. The summed E-state index contributed by atoms with van der Waals surface area (Å²) in [5.41, 5.74) is 0. The normalized spacial score (nSPS) is 10.0. The molecule has 5 nitrogen and oxygen atoms in total. The van der Waals surface area contributed by atoms with E-state index in [1.807, 2.05) is 6.29 Å². The molecule has 0 saturated carbocycles. The van der Waals surface area contributed by atoms with Gasteiger partial charge in [-0.1, -0.05) is 103 Å². The van der Waals surface area contributed by atoms with Crippen LogP contribution < -0.4 is 29.6 Å². The molecule has 0 bridgehead atoms. The van der Waals surface area contributed by atoms with Crippen LogP contribution in [0.1, 0.15) is 110 Å². The standard InChI is InChI=1S/C18H35O.C4H4O4.Na/c1-2-3-4-5-6-7-8-9-10-11-12-13-14-15-16-17-18-19;5-3(6)1-2-4(7)8;/h2-17H2,1H3;1-2H,(H,5,6)(H,7,8);/q-1;;+1/b;2-1+;. The maximum absolute atomic E-state index is 10.0. The van der Waals surface area contributed by atoms with Crippen molar-refractivity contribution in [3.63, 3.8) is 0 Å². The van der Waals surface area contributed by atoms with Gasteiger partial charge in [0.1, 0.15) is 0 Å². The molecule has 0 unspecified atom stereocenters. The molecular weight excluding hydrogens is 367 g/mol. The van der Waals surface area contributed by atoms with Crippen LogP contribution in [0.15, 0.2) is 12.2 Å². The van der Waals surface area contributed by atoms with Crippen molar-refractivity contribution in [2.75, 3.05) is 0 Å². The van der Waals surface area contributed by atoms with Gasteiger partial charge in [0.25, 0.3) is 0 Å². The van der Waals surface area contributed by atoms with Crippen LogP contribution in [0.5, 0.6) is 0 Å². The molecule has 0 radical (unpaired) electrons. The van der Waals surface area contributed by atoms with Crippen molar-refractivity contribution in [2.45, 2.75) is 110 Å². The summed E-state index contributed by atoms with van der Waals surface area (Å²) in [5.74, 6) is -2.51. The van der Waals surface area contributed by atoms with Crippen LogP contribution in [0.2, 0.25) is 0 Å². The van der Waals surface area contributed by atoms with Gasteiger partial charge in [-0.15, -0.1) is 0 Å². The van der Waals surface area contributed by atoms with E-state index in [2.05, 4.69) is 6.92 Å². The van der Waals surface area contributed by atoms with E-state index in [1.54, 1.807) is 0 Å². The van der Waals surface area contributed by atoms with Gasteiger partial charge in [0.05, 0.1) is 0 Å². The summed E-state index contributed by atoms with van der Waals surface area (Å²) >= 11 is 0. The van der Waals surface area contributed by atoms with Crippen molar-refractivity contribution < 1.29 is 54.2 Å². The molecule has 0 rings (SSSR count). The third-order valence-electron chi connectivity index (χ3n) is 4.25. The number of carboxylic acid groups (broad SMARTS) is 2. The summed E-state index contributed by atoms with van der Waals surface area (Å²) in [6.45, 7) is 2.28. The van der Waals surface area contributed by atoms with Crippen molar-refractivity contribution in [3.05, 3.63) is 12.2 Å². The molecule has 0 aromatic rings. The molecule has 0 spiro atoms. The van der Waals surface area contributed by atoms with Gasteiger partial charge in [0.2, 0.25) is 0 Å². The van der Waals surface area contributed by atoms with Gasteiger partial charge < -0.3 is 15.0 Å². The van der Waals surface area contributed by atoms with E-state index in [0.29, 0.717) is 18.6 Å². The van der Waals surface area contributed by atoms with Crippen LogP contribution in [0.3, 0.4) is 0 Å². The van der Waals surface area contributed by atoms with Crippen LogP contribution in [0, 0.1) is 0 Å². The predicted molar refractivity (Wildman–Crippen MR) is 110 cm³/mol. The van der Waals surface area contributed by atoms with Crippen molar-refractivity contribution in [1.82, 2.24) is 0 Å². The van der Waals surface area contributed by atoms with Gasteiger partial charge in [0, 0.05) is 12.2 Å². The first kappa shape index (κ1) is 32.0. The van der Waals surface area contributed by atoms with Crippen LogP contribution in [0.4, 0.5) is 0 Å². The Balaban J connectivity index is -0.000000587. The summed E-state index contributed by atoms with van der Waals surface area (Å²) in [6, 6.07) is 0. The number of hydrogen-bond donors (Lipinski definition) is 2. The zero-order chi connectivity index (χ0) is 20.6. The zero-order valence-corrected chi connectivity index (χ0v) is 20.1. The van der Waals surface area contributed by atoms with E-state index in [9.17, 15) is 14.4 Å². The number of hydrogen-bond acceptors (Lipinski definition) is 3. The maximum atomic E-state index is 10.0. The number of aliphatic carboxylic acids is 2. The topological polar surface area (TPSA) is 91.7 Å². The van der Waals surface area contributed by atoms with E-state index in [-0.39, 0.29) is 29.6 Å². The molecular formula is C22H39NaO5. The van der Waals surface area contributed by atoms with E-state index >= 15 is 0 Å². The van der Waals surface area contributed by atoms with Crippen LogP contribution in [-0.4, -0.2) is 28.4 Å². The first-order valence-corrected chi connectivity index (χ1v) is 10.5. The minimum absolute atomic E-state index is 0. The Morgan fingerprint density at radius 1 is 0.643 bits per heavy atom. The van der Waals surface area contributed by atoms with Gasteiger partial charge in [-0.2, -0.15) is 6.42 Å². The number of unbranched alkanes of at least 4 members (excludes halogenated alkanes) is 15. The zero-order valence-electron chi connectivity index (χ0n) is 18.1. The van der Waals surface area contributed by atoms with Crippen molar-refractivity contribution in [2.24, 2.45) is 0 Å². The van der Waals surface area contributed by atoms with E-state index in [1.165, 1.54) is 89.9 Å². The molecule has 0 fully saturated rings. The van der Waals surface area contributed by atoms with Crippen LogP contribution >= 0.6 is 0 Å². The third-order valence-corrected chi connectivity index (χ3v) is 4.25. The number of carbonyl (C=O) groups excluding carboxylic acids is 1. The Morgan fingerprint density at radius 3 is 1.18 bits per heavy atom. The van der Waals surface area contributed by atoms with Gasteiger partial charge >= 0.3 is 41.5 Å². The summed E-state index contributed by atoms with van der Waals surface area (Å²) in [7, 11) is 0. The van der Waals surface area contributed by atoms with Crippen molar-refractivity contribution in [1.29, 1.82) is 0 Å². The fourth-order valence-electron chi connectivity index (χ4n) is 2.71. The molecule has 0 saturated heterocycles. The van der Waals surface area contributed by atoms with Crippen LogP contribution in [0.25, 0.3) is 0 Å². The molecule has 0 amide bonds. The second-order valence-corrected chi connectivity index (χ2v) is 6.85. The van der Waals surface area contributed by atoms with Crippen molar-refractivity contribution in [3.8, 4) is 0 Å². The average Bonchev–Trinajstić information content (AvgIpc) is 2.64. The minimum Gasteiger partial charge on any atom is -0.542 e. The van der Waals surface area contributed by atoms with Gasteiger partial charge in [-0.25, -0.2) is 9.59 Å². The first-order valence-electron chi connectivity index (χ1n) is 10.5. The molecule has 2 N–H and O–H groups in total. The van der Waals surface area contributed by atoms with Gasteiger partial charge in [-0.3, -0.25) is 6.29 Å². The third kappa shape index (κ3) is 36.3. The number of carbonyl (C=O) groups is 2. The Kier molecular flexibility index (Phi) is 32.7. The maximum Gasteiger partial charge on any atom is 1.00 e. The largest absolute Gasteiger partial charge is 1.00 e. The monoisotopic (exact) mass is 406 g/mol. The molecule has 6 heteroatoms. The fraction of sp³-hybridized carbons (Fsp3) is 0.773. The molecule has 0 heterocycles. The Bertz CT molecular complexity index is 367. The molecule has 0 aliphatic carbocycles. The Morgan fingerprint density at radius 2 is 0.929 bits per heavy atom. The Hall–Kier alpha value is -0.650. The van der Waals surface area contributed by atoms with Crippen molar-refractivity contribution >= 4 is 18.2 Å². The van der Waals surface area contributed by atoms with Crippen LogP contribution in [-0.2, 0) is 14.4 Å².